The molecule has 1 aliphatic heterocycles. The molecule has 208 valence electrons. The van der Waals surface area contributed by atoms with E-state index in [-0.39, 0.29) is 36.4 Å². The van der Waals surface area contributed by atoms with Crippen LogP contribution < -0.4 is 4.74 Å². The normalized spacial score (nSPS) is 18.8. The molecule has 3 aromatic heterocycles. The van der Waals surface area contributed by atoms with Gasteiger partial charge < -0.3 is 9.84 Å². The zero-order valence-electron chi connectivity index (χ0n) is 21.7. The molecule has 1 aromatic carbocycles. The van der Waals surface area contributed by atoms with Crippen molar-refractivity contribution in [1.29, 1.82) is 0 Å². The Morgan fingerprint density at radius 1 is 1.31 bits per heavy atom. The number of aryl methyl sites for hydroxylation is 2. The molecule has 0 bridgehead atoms. The fraction of sp³-hybridized carbons (Fsp3) is 0.385. The number of thiophene rings is 1. The van der Waals surface area contributed by atoms with Gasteiger partial charge in [0.15, 0.2) is 0 Å². The number of nitrogens with zero attached hydrogens (tertiary/aromatic N) is 5. The van der Waals surface area contributed by atoms with Gasteiger partial charge in [-0.05, 0) is 61.2 Å². The SMILES string of the molecule is CC[C@@H]1CN(Cc2cc([C@H](CC(=O)O)c3ccc4c(nnn4CC)c3C)sc2Cl)S(O)(O)c2cccnc2O1. The van der Waals surface area contributed by atoms with Gasteiger partial charge >= 0.3 is 5.97 Å². The van der Waals surface area contributed by atoms with Crippen LogP contribution in [0.3, 0.4) is 0 Å². The van der Waals surface area contributed by atoms with Crippen molar-refractivity contribution in [3.63, 3.8) is 0 Å². The highest BCUT2D eigenvalue weighted by Crippen LogP contribution is 2.57. The van der Waals surface area contributed by atoms with Crippen molar-refractivity contribution in [3.8, 4) is 5.88 Å². The molecular weight excluding hydrogens is 562 g/mol. The summed E-state index contributed by atoms with van der Waals surface area (Å²) in [5, 5.41) is 18.3. The van der Waals surface area contributed by atoms with Crippen LogP contribution >= 0.6 is 33.7 Å². The molecule has 0 spiro atoms. The monoisotopic (exact) mass is 591 g/mol. The fourth-order valence-corrected chi connectivity index (χ4v) is 7.90. The summed E-state index contributed by atoms with van der Waals surface area (Å²) in [6, 6.07) is 8.99. The summed E-state index contributed by atoms with van der Waals surface area (Å²) in [7, 11) is -3.41. The molecule has 10 nitrogen and oxygen atoms in total. The van der Waals surface area contributed by atoms with Gasteiger partial charge in [0.25, 0.3) is 0 Å². The molecular formula is C26H30ClN5O5S2. The highest BCUT2D eigenvalue weighted by atomic mass is 35.5. The maximum absolute atomic E-state index is 11.9. The maximum atomic E-state index is 11.9. The summed E-state index contributed by atoms with van der Waals surface area (Å²) >= 11 is 8.02. The number of hydrogen-bond acceptors (Lipinski definition) is 9. The van der Waals surface area contributed by atoms with Crippen molar-refractivity contribution < 1.29 is 23.7 Å². The number of pyridine rings is 1. The zero-order valence-corrected chi connectivity index (χ0v) is 24.1. The first-order valence-electron chi connectivity index (χ1n) is 12.6. The molecule has 0 unspecified atom stereocenters. The quantitative estimate of drug-likeness (QED) is 0.220. The summed E-state index contributed by atoms with van der Waals surface area (Å²) in [5.41, 5.74) is 4.04. The van der Waals surface area contributed by atoms with Crippen LogP contribution in [0.1, 0.15) is 54.2 Å². The highest BCUT2D eigenvalue weighted by Gasteiger charge is 2.36. The number of carboxylic acid groups (broad SMARTS) is 1. The van der Waals surface area contributed by atoms with E-state index in [9.17, 15) is 19.0 Å². The van der Waals surface area contributed by atoms with Crippen molar-refractivity contribution in [3.05, 3.63) is 62.4 Å². The number of ether oxygens (including phenoxy) is 1. The second kappa shape index (κ2) is 11.0. The van der Waals surface area contributed by atoms with Crippen molar-refractivity contribution in [2.45, 2.75) is 63.6 Å². The number of rotatable bonds is 8. The van der Waals surface area contributed by atoms with Gasteiger partial charge in [0.1, 0.15) is 16.5 Å². The van der Waals surface area contributed by atoms with E-state index in [4.69, 9.17) is 16.3 Å². The van der Waals surface area contributed by atoms with Crippen molar-refractivity contribution in [2.75, 3.05) is 6.54 Å². The Labute approximate surface area is 236 Å². The molecule has 4 heterocycles. The van der Waals surface area contributed by atoms with Gasteiger partial charge in [0.2, 0.25) is 5.88 Å². The number of aliphatic carboxylic acids is 1. The van der Waals surface area contributed by atoms with Crippen LogP contribution in [0.25, 0.3) is 11.0 Å². The Morgan fingerprint density at radius 2 is 2.10 bits per heavy atom. The molecule has 0 saturated heterocycles. The summed E-state index contributed by atoms with van der Waals surface area (Å²) in [6.45, 7) is 6.97. The largest absolute Gasteiger partial charge is 0.481 e. The molecule has 4 aromatic rings. The van der Waals surface area contributed by atoms with Crippen LogP contribution in [0.4, 0.5) is 0 Å². The molecule has 0 saturated carbocycles. The lowest BCUT2D eigenvalue weighted by Crippen LogP contribution is -2.34. The van der Waals surface area contributed by atoms with Gasteiger partial charge in [-0.15, -0.1) is 27.2 Å². The molecule has 2 atom stereocenters. The molecule has 5 rings (SSSR count). The lowest BCUT2D eigenvalue weighted by atomic mass is 9.89. The van der Waals surface area contributed by atoms with E-state index in [1.807, 2.05) is 39.0 Å². The Bertz CT molecular complexity index is 1520. The topological polar surface area (TPSA) is 134 Å². The molecule has 0 aliphatic carbocycles. The van der Waals surface area contributed by atoms with Crippen LogP contribution in [0.5, 0.6) is 5.88 Å². The highest BCUT2D eigenvalue weighted by molar-refractivity contribution is 8.22. The molecule has 13 heteroatoms. The average Bonchev–Trinajstić information content (AvgIpc) is 3.47. The van der Waals surface area contributed by atoms with Gasteiger partial charge in [-0.3, -0.25) is 13.9 Å². The number of halogens is 1. The third kappa shape index (κ3) is 5.24. The maximum Gasteiger partial charge on any atom is 0.304 e. The standard InChI is InChI=1S/C26H30ClN5O5S2/c1-4-17-14-31(39(35,36)22-7-6-10-28-26(22)37-17)13-16-11-21(38-25(16)27)19(12-23(33)34)18-8-9-20-24(15(18)3)29-30-32(20)5-2/h6-11,17,19,35-36H,4-5,12-14H2,1-3H3,(H,33,34)/t17-,19-/m1/s1. The van der Waals surface area contributed by atoms with E-state index < -0.39 is 22.7 Å². The Hall–Kier alpha value is -2.74. The van der Waals surface area contributed by atoms with Crippen LogP contribution in [-0.4, -0.2) is 57.1 Å². The van der Waals surface area contributed by atoms with E-state index in [1.54, 1.807) is 27.3 Å². The molecule has 1 aliphatic rings. The number of hydrogen-bond donors (Lipinski definition) is 3. The van der Waals surface area contributed by atoms with E-state index in [1.165, 1.54) is 11.3 Å². The van der Waals surface area contributed by atoms with Gasteiger partial charge in [-0.1, -0.05) is 29.8 Å². The van der Waals surface area contributed by atoms with Crippen LogP contribution in [0.2, 0.25) is 4.34 Å². The van der Waals surface area contributed by atoms with E-state index in [2.05, 4.69) is 15.3 Å². The Morgan fingerprint density at radius 3 is 2.82 bits per heavy atom. The zero-order chi connectivity index (χ0) is 27.9. The fourth-order valence-electron chi connectivity index (χ4n) is 4.93. The van der Waals surface area contributed by atoms with Gasteiger partial charge in [0, 0.05) is 30.1 Å². The minimum absolute atomic E-state index is 0.131. The molecule has 0 amide bonds. The summed E-state index contributed by atoms with van der Waals surface area (Å²) in [6.07, 6.45) is 1.78. The van der Waals surface area contributed by atoms with Gasteiger partial charge in [-0.25, -0.2) is 9.67 Å². The number of benzene rings is 1. The van der Waals surface area contributed by atoms with Crippen molar-refractivity contribution in [1.82, 2.24) is 24.3 Å². The van der Waals surface area contributed by atoms with E-state index in [0.29, 0.717) is 22.9 Å². The predicted octanol–water partition coefficient (Wildman–Crippen LogP) is 6.17. The summed E-state index contributed by atoms with van der Waals surface area (Å²) < 4.78 is 32.5. The number of carboxylic acids is 1. The lowest BCUT2D eigenvalue weighted by molar-refractivity contribution is -0.137. The Kier molecular flexibility index (Phi) is 7.86. The first-order chi connectivity index (χ1) is 18.6. The molecule has 0 radical (unpaired) electrons. The second-order valence-electron chi connectivity index (χ2n) is 9.45. The van der Waals surface area contributed by atoms with Crippen molar-refractivity contribution >= 4 is 50.7 Å². The van der Waals surface area contributed by atoms with Gasteiger partial charge in [0.05, 0.1) is 22.8 Å². The van der Waals surface area contributed by atoms with Crippen LogP contribution in [0, 0.1) is 6.92 Å². The first-order valence-corrected chi connectivity index (χ1v) is 15.3. The molecule has 3 N–H and O–H groups in total. The summed E-state index contributed by atoms with van der Waals surface area (Å²) in [4.78, 5) is 17.2. The second-order valence-corrected chi connectivity index (χ2v) is 13.1. The van der Waals surface area contributed by atoms with E-state index in [0.717, 1.165) is 27.0 Å². The minimum Gasteiger partial charge on any atom is -0.481 e. The van der Waals surface area contributed by atoms with Gasteiger partial charge in [-0.2, -0.15) is 4.31 Å². The smallest absolute Gasteiger partial charge is 0.304 e. The number of fused-ring (bicyclic) bond motifs is 2. The number of carbonyl (C=O) groups is 1. The van der Waals surface area contributed by atoms with Crippen molar-refractivity contribution in [2.24, 2.45) is 0 Å². The van der Waals surface area contributed by atoms with E-state index >= 15 is 0 Å². The Balaban J connectivity index is 1.51. The third-order valence-corrected chi connectivity index (χ3v) is 10.5. The first kappa shape index (κ1) is 27.8. The molecule has 0 fully saturated rings. The third-order valence-electron chi connectivity index (χ3n) is 7.03. The van der Waals surface area contributed by atoms with Crippen LogP contribution in [0.15, 0.2) is 41.4 Å². The van der Waals surface area contributed by atoms with Crippen LogP contribution in [-0.2, 0) is 17.9 Å². The average molecular weight is 592 g/mol. The lowest BCUT2D eigenvalue weighted by Gasteiger charge is -2.41. The minimum atomic E-state index is -3.41. The predicted molar refractivity (Wildman–Crippen MR) is 152 cm³/mol. The molecule has 39 heavy (non-hydrogen) atoms. The summed E-state index contributed by atoms with van der Waals surface area (Å²) in [5.74, 6) is -1.18. The number of aromatic nitrogens is 4.